The smallest absolute Gasteiger partial charge is 0.306 e. The predicted octanol–water partition coefficient (Wildman–Crippen LogP) is 2.91. The Balaban J connectivity index is 1.72. The molecule has 0 spiro atoms. The third kappa shape index (κ3) is 4.13. The molecule has 19 heavy (non-hydrogen) atoms. The topological polar surface area (TPSA) is 46.6 Å². The van der Waals surface area contributed by atoms with E-state index in [-0.39, 0.29) is 11.2 Å². The predicted molar refractivity (Wildman–Crippen MR) is 76.1 cm³/mol. The third-order valence-corrected chi connectivity index (χ3v) is 5.22. The molecule has 1 saturated carbocycles. The fourth-order valence-electron chi connectivity index (χ4n) is 3.18. The van der Waals surface area contributed by atoms with E-state index in [0.717, 1.165) is 25.4 Å². The van der Waals surface area contributed by atoms with Crippen LogP contribution in [0, 0.1) is 11.8 Å². The minimum atomic E-state index is -0.244. The van der Waals surface area contributed by atoms with E-state index >= 15 is 0 Å². The number of carbonyl (C=O) groups excluding carboxylic acids is 2. The number of amides is 1. The van der Waals surface area contributed by atoms with Crippen LogP contribution in [0.5, 0.6) is 0 Å². The zero-order chi connectivity index (χ0) is 13.7. The number of piperidine rings is 1. The summed E-state index contributed by atoms with van der Waals surface area (Å²) in [6.07, 6.45) is 6.78. The minimum Gasteiger partial charge on any atom is -0.469 e. The summed E-state index contributed by atoms with van der Waals surface area (Å²) in [6.45, 7) is 1.82. The summed E-state index contributed by atoms with van der Waals surface area (Å²) in [4.78, 5) is 25.1. The highest BCUT2D eigenvalue weighted by molar-refractivity contribution is 8.13. The Morgan fingerprint density at radius 3 is 2.68 bits per heavy atom. The first-order valence-corrected chi connectivity index (χ1v) is 8.17. The molecule has 2 fully saturated rings. The van der Waals surface area contributed by atoms with Crippen LogP contribution in [0.2, 0.25) is 0 Å². The van der Waals surface area contributed by atoms with Crippen molar-refractivity contribution in [2.45, 2.75) is 38.5 Å². The fraction of sp³-hybridized carbons (Fsp3) is 0.857. The van der Waals surface area contributed by atoms with Crippen molar-refractivity contribution in [3.63, 3.8) is 0 Å². The largest absolute Gasteiger partial charge is 0.469 e. The van der Waals surface area contributed by atoms with Gasteiger partial charge in [-0.1, -0.05) is 31.0 Å². The SMILES string of the molecule is COC(=O)CCSC(=O)N1CCC2CCCCC2C1. The van der Waals surface area contributed by atoms with Gasteiger partial charge in [0.2, 0.25) is 0 Å². The van der Waals surface area contributed by atoms with Gasteiger partial charge in [-0.2, -0.15) is 0 Å². The van der Waals surface area contributed by atoms with Gasteiger partial charge in [-0.05, 0) is 24.7 Å². The highest BCUT2D eigenvalue weighted by Gasteiger charge is 2.32. The molecule has 0 aromatic rings. The van der Waals surface area contributed by atoms with Crippen molar-refractivity contribution in [3.05, 3.63) is 0 Å². The first-order valence-electron chi connectivity index (χ1n) is 7.19. The monoisotopic (exact) mass is 285 g/mol. The summed E-state index contributed by atoms with van der Waals surface area (Å²) in [5.74, 6) is 1.84. The molecule has 0 bridgehead atoms. The number of nitrogens with zero attached hydrogens (tertiary/aromatic N) is 1. The second-order valence-corrected chi connectivity index (χ2v) is 6.53. The van der Waals surface area contributed by atoms with Crippen LogP contribution in [0.15, 0.2) is 0 Å². The van der Waals surface area contributed by atoms with Crippen molar-refractivity contribution in [2.24, 2.45) is 11.8 Å². The van der Waals surface area contributed by atoms with Gasteiger partial charge in [0.05, 0.1) is 13.5 Å². The standard InChI is InChI=1S/C14H23NO3S/c1-18-13(16)7-9-19-14(17)15-8-6-11-4-2-3-5-12(11)10-15/h11-12H,2-10H2,1H3. The van der Waals surface area contributed by atoms with Crippen LogP contribution in [0.25, 0.3) is 0 Å². The maximum absolute atomic E-state index is 12.1. The number of likely N-dealkylation sites (tertiary alicyclic amines) is 1. The third-order valence-electron chi connectivity index (χ3n) is 4.31. The average molecular weight is 285 g/mol. The number of ether oxygens (including phenoxy) is 1. The molecule has 2 atom stereocenters. The summed E-state index contributed by atoms with van der Waals surface area (Å²) in [5.41, 5.74) is 0. The van der Waals surface area contributed by atoms with E-state index in [9.17, 15) is 9.59 Å². The Morgan fingerprint density at radius 2 is 1.95 bits per heavy atom. The Hall–Kier alpha value is -0.710. The molecule has 1 heterocycles. The molecule has 0 N–H and O–H groups in total. The molecule has 1 amide bonds. The summed E-state index contributed by atoms with van der Waals surface area (Å²) in [6, 6.07) is 0. The second kappa shape index (κ2) is 7.17. The molecule has 0 aromatic carbocycles. The number of rotatable bonds is 3. The molecular weight excluding hydrogens is 262 g/mol. The number of methoxy groups -OCH3 is 1. The zero-order valence-corrected chi connectivity index (χ0v) is 12.4. The molecule has 1 aliphatic carbocycles. The van der Waals surface area contributed by atoms with Crippen molar-refractivity contribution in [3.8, 4) is 0 Å². The Morgan fingerprint density at radius 1 is 1.21 bits per heavy atom. The quantitative estimate of drug-likeness (QED) is 0.748. The lowest BCUT2D eigenvalue weighted by atomic mass is 9.75. The van der Waals surface area contributed by atoms with Gasteiger partial charge >= 0.3 is 5.97 Å². The van der Waals surface area contributed by atoms with E-state index in [1.165, 1.54) is 44.6 Å². The van der Waals surface area contributed by atoms with Gasteiger partial charge in [0.1, 0.15) is 0 Å². The van der Waals surface area contributed by atoms with Crippen LogP contribution in [0.1, 0.15) is 38.5 Å². The molecule has 1 saturated heterocycles. The Bertz CT molecular complexity index is 335. The lowest BCUT2D eigenvalue weighted by Crippen LogP contribution is -2.43. The fourth-order valence-corrected chi connectivity index (χ4v) is 3.97. The van der Waals surface area contributed by atoms with Gasteiger partial charge in [-0.15, -0.1) is 0 Å². The van der Waals surface area contributed by atoms with Crippen LogP contribution < -0.4 is 0 Å². The molecule has 2 unspecified atom stereocenters. The van der Waals surface area contributed by atoms with E-state index in [2.05, 4.69) is 4.74 Å². The van der Waals surface area contributed by atoms with E-state index in [4.69, 9.17) is 0 Å². The summed E-state index contributed by atoms with van der Waals surface area (Å²) < 4.78 is 4.57. The van der Waals surface area contributed by atoms with Crippen molar-refractivity contribution < 1.29 is 14.3 Å². The number of hydrogen-bond donors (Lipinski definition) is 0. The highest BCUT2D eigenvalue weighted by Crippen LogP contribution is 2.36. The van der Waals surface area contributed by atoms with Crippen LogP contribution in [-0.4, -0.2) is 42.1 Å². The zero-order valence-electron chi connectivity index (χ0n) is 11.6. The van der Waals surface area contributed by atoms with E-state index in [1.807, 2.05) is 4.90 Å². The summed E-state index contributed by atoms with van der Waals surface area (Å²) in [7, 11) is 1.38. The van der Waals surface area contributed by atoms with Gasteiger partial charge in [0.25, 0.3) is 5.24 Å². The number of hydrogen-bond acceptors (Lipinski definition) is 4. The van der Waals surface area contributed by atoms with Crippen LogP contribution >= 0.6 is 11.8 Å². The number of esters is 1. The summed E-state index contributed by atoms with van der Waals surface area (Å²) in [5, 5.41) is 0.132. The molecule has 1 aliphatic heterocycles. The van der Waals surface area contributed by atoms with Crippen molar-refractivity contribution >= 4 is 23.0 Å². The maximum atomic E-state index is 12.1. The molecule has 4 nitrogen and oxygen atoms in total. The molecule has 5 heteroatoms. The molecule has 2 aliphatic rings. The molecular formula is C14H23NO3S. The van der Waals surface area contributed by atoms with E-state index in [0.29, 0.717) is 18.1 Å². The first-order chi connectivity index (χ1) is 9.20. The van der Waals surface area contributed by atoms with Crippen molar-refractivity contribution in [2.75, 3.05) is 26.0 Å². The van der Waals surface area contributed by atoms with Gasteiger partial charge in [-0.25, -0.2) is 0 Å². The van der Waals surface area contributed by atoms with Crippen LogP contribution in [0.3, 0.4) is 0 Å². The Labute approximate surface area is 119 Å². The highest BCUT2D eigenvalue weighted by atomic mass is 32.2. The molecule has 0 aromatic heterocycles. The lowest BCUT2D eigenvalue weighted by Gasteiger charge is -2.41. The van der Waals surface area contributed by atoms with E-state index in [1.54, 1.807) is 0 Å². The van der Waals surface area contributed by atoms with Crippen LogP contribution in [0.4, 0.5) is 4.79 Å². The number of thioether (sulfide) groups is 1. The first kappa shape index (κ1) is 14.7. The lowest BCUT2D eigenvalue weighted by molar-refractivity contribution is -0.140. The van der Waals surface area contributed by atoms with Crippen molar-refractivity contribution in [1.29, 1.82) is 0 Å². The normalized spacial score (nSPS) is 26.7. The Kier molecular flexibility index (Phi) is 5.55. The van der Waals surface area contributed by atoms with Gasteiger partial charge in [-0.3, -0.25) is 9.59 Å². The molecule has 2 rings (SSSR count). The van der Waals surface area contributed by atoms with E-state index < -0.39 is 0 Å². The number of fused-ring (bicyclic) bond motifs is 1. The molecule has 0 radical (unpaired) electrons. The molecule has 108 valence electrons. The maximum Gasteiger partial charge on any atom is 0.306 e. The number of carbonyl (C=O) groups is 2. The van der Waals surface area contributed by atoms with Gasteiger partial charge in [0.15, 0.2) is 0 Å². The minimum absolute atomic E-state index is 0.132. The average Bonchev–Trinajstić information content (AvgIpc) is 2.46. The van der Waals surface area contributed by atoms with Crippen LogP contribution in [-0.2, 0) is 9.53 Å². The van der Waals surface area contributed by atoms with Gasteiger partial charge in [0, 0.05) is 18.8 Å². The second-order valence-electron chi connectivity index (χ2n) is 5.48. The van der Waals surface area contributed by atoms with Crippen molar-refractivity contribution in [1.82, 2.24) is 4.90 Å². The summed E-state index contributed by atoms with van der Waals surface area (Å²) >= 11 is 1.25. The van der Waals surface area contributed by atoms with Gasteiger partial charge < -0.3 is 9.64 Å².